The number of aryl methyl sites for hydroxylation is 1. The molecule has 0 atom stereocenters. The van der Waals surface area contributed by atoms with Crippen LogP contribution in [0.3, 0.4) is 0 Å². The number of nitrogens with zero attached hydrogens (tertiary/aromatic N) is 3. The summed E-state index contributed by atoms with van der Waals surface area (Å²) in [5.74, 6) is 1.52. The second-order valence-electron chi connectivity index (χ2n) is 8.33. The van der Waals surface area contributed by atoms with Crippen LogP contribution < -0.4 is 15.4 Å². The highest BCUT2D eigenvalue weighted by Gasteiger charge is 2.13. The highest BCUT2D eigenvalue weighted by Crippen LogP contribution is 2.20. The van der Waals surface area contributed by atoms with Gasteiger partial charge in [0.05, 0.1) is 12.3 Å². The molecule has 2 aromatic carbocycles. The van der Waals surface area contributed by atoms with Crippen LogP contribution >= 0.6 is 11.8 Å². The molecule has 0 aliphatic rings. The number of benzene rings is 2. The molecule has 2 amide bonds. The number of aromatic nitrogens is 3. The Labute approximate surface area is 204 Å². The number of amides is 2. The van der Waals surface area contributed by atoms with Crippen LogP contribution in [0.15, 0.2) is 47.6 Å². The second-order valence-corrected chi connectivity index (χ2v) is 9.27. The Morgan fingerprint density at radius 1 is 1.06 bits per heavy atom. The third-order valence-electron chi connectivity index (χ3n) is 5.50. The maximum atomic E-state index is 12.4. The Bertz CT molecular complexity index is 1140. The molecular weight excluding hydrogens is 450 g/mol. The van der Waals surface area contributed by atoms with Crippen LogP contribution in [0.25, 0.3) is 0 Å². The predicted octanol–water partition coefficient (Wildman–Crippen LogP) is 3.98. The molecule has 0 aliphatic carbocycles. The van der Waals surface area contributed by atoms with Crippen molar-refractivity contribution in [3.05, 3.63) is 65.0 Å². The molecular formula is C25H31N5O3S. The van der Waals surface area contributed by atoms with E-state index in [0.717, 1.165) is 16.8 Å². The number of ether oxygens (including phenoxy) is 1. The van der Waals surface area contributed by atoms with Gasteiger partial charge in [0.2, 0.25) is 5.91 Å². The Morgan fingerprint density at radius 3 is 2.50 bits per heavy atom. The zero-order valence-corrected chi connectivity index (χ0v) is 21.0. The van der Waals surface area contributed by atoms with Gasteiger partial charge in [-0.05, 0) is 54.7 Å². The lowest BCUT2D eigenvalue weighted by atomic mass is 10.0. The Balaban J connectivity index is 1.44. The largest absolute Gasteiger partial charge is 0.484 e. The molecule has 1 aromatic heterocycles. The van der Waals surface area contributed by atoms with E-state index in [1.54, 1.807) is 11.6 Å². The third-order valence-corrected chi connectivity index (χ3v) is 6.52. The first-order chi connectivity index (χ1) is 16.2. The van der Waals surface area contributed by atoms with E-state index in [4.69, 9.17) is 4.74 Å². The van der Waals surface area contributed by atoms with E-state index in [9.17, 15) is 9.59 Å². The van der Waals surface area contributed by atoms with E-state index in [2.05, 4.69) is 34.7 Å². The van der Waals surface area contributed by atoms with Crippen LogP contribution in [0.2, 0.25) is 0 Å². The van der Waals surface area contributed by atoms with Gasteiger partial charge in [-0.15, -0.1) is 10.2 Å². The van der Waals surface area contributed by atoms with Crippen molar-refractivity contribution in [2.24, 2.45) is 7.05 Å². The summed E-state index contributed by atoms with van der Waals surface area (Å²) in [6.07, 6.45) is 0. The molecule has 0 saturated carbocycles. The summed E-state index contributed by atoms with van der Waals surface area (Å²) in [6.45, 7) is 8.37. The van der Waals surface area contributed by atoms with Gasteiger partial charge in [-0.2, -0.15) is 0 Å². The summed E-state index contributed by atoms with van der Waals surface area (Å²) in [5, 5.41) is 14.6. The molecule has 2 N–H and O–H groups in total. The van der Waals surface area contributed by atoms with Crippen LogP contribution in [-0.4, -0.2) is 38.9 Å². The fourth-order valence-corrected chi connectivity index (χ4v) is 3.88. The van der Waals surface area contributed by atoms with Crippen molar-refractivity contribution < 1.29 is 14.3 Å². The van der Waals surface area contributed by atoms with Gasteiger partial charge in [0.1, 0.15) is 5.75 Å². The minimum absolute atomic E-state index is 0.0843. The summed E-state index contributed by atoms with van der Waals surface area (Å²) in [5.41, 5.74) is 4.20. The molecule has 0 saturated heterocycles. The minimum Gasteiger partial charge on any atom is -0.484 e. The van der Waals surface area contributed by atoms with E-state index in [1.165, 1.54) is 17.3 Å². The van der Waals surface area contributed by atoms with Gasteiger partial charge in [0, 0.05) is 12.7 Å². The van der Waals surface area contributed by atoms with Crippen LogP contribution in [-0.2, 0) is 23.2 Å². The average molecular weight is 482 g/mol. The van der Waals surface area contributed by atoms with Gasteiger partial charge in [-0.25, -0.2) is 0 Å². The van der Waals surface area contributed by atoms with Gasteiger partial charge < -0.3 is 19.9 Å². The van der Waals surface area contributed by atoms with Crippen molar-refractivity contribution in [3.63, 3.8) is 0 Å². The fraction of sp³-hybridized carbons (Fsp3) is 0.360. The van der Waals surface area contributed by atoms with Gasteiger partial charge in [0.25, 0.3) is 5.91 Å². The maximum Gasteiger partial charge on any atom is 0.258 e. The van der Waals surface area contributed by atoms with Gasteiger partial charge in [0.15, 0.2) is 17.6 Å². The number of hydrogen-bond donors (Lipinski definition) is 2. The first-order valence-electron chi connectivity index (χ1n) is 11.1. The summed E-state index contributed by atoms with van der Waals surface area (Å²) >= 11 is 1.29. The van der Waals surface area contributed by atoms with Crippen molar-refractivity contribution in [2.45, 2.75) is 45.3 Å². The Kier molecular flexibility index (Phi) is 8.70. The summed E-state index contributed by atoms with van der Waals surface area (Å²) in [7, 11) is 1.80. The number of carbonyl (C=O) groups is 2. The topological polar surface area (TPSA) is 98.1 Å². The van der Waals surface area contributed by atoms with Crippen LogP contribution in [0.5, 0.6) is 5.75 Å². The number of thioether (sulfide) groups is 1. The standard InChI is InChI=1S/C25H31N5O3S/c1-16(2)19-9-11-20(12-10-19)33-14-23(31)26-13-22-28-29-25(30(22)5)34-15-24(32)27-21-8-6-7-17(3)18(21)4/h6-12,16H,13-15H2,1-5H3,(H,26,31)(H,27,32). The zero-order chi connectivity index (χ0) is 24.7. The second kappa shape index (κ2) is 11.7. The van der Waals surface area contributed by atoms with Crippen molar-refractivity contribution >= 4 is 29.3 Å². The first kappa shape index (κ1) is 25.3. The highest BCUT2D eigenvalue weighted by molar-refractivity contribution is 7.99. The Morgan fingerprint density at radius 2 is 1.79 bits per heavy atom. The summed E-state index contributed by atoms with van der Waals surface area (Å²) in [4.78, 5) is 24.5. The van der Waals surface area contributed by atoms with Crippen molar-refractivity contribution in [3.8, 4) is 5.75 Å². The van der Waals surface area contributed by atoms with Crippen molar-refractivity contribution in [2.75, 3.05) is 17.7 Å². The van der Waals surface area contributed by atoms with E-state index in [0.29, 0.717) is 22.6 Å². The lowest BCUT2D eigenvalue weighted by molar-refractivity contribution is -0.123. The molecule has 3 rings (SSSR count). The van der Waals surface area contributed by atoms with Crippen LogP contribution in [0, 0.1) is 13.8 Å². The third kappa shape index (κ3) is 6.84. The lowest BCUT2D eigenvalue weighted by Gasteiger charge is -2.10. The molecule has 3 aromatic rings. The number of carbonyl (C=O) groups excluding carboxylic acids is 2. The lowest BCUT2D eigenvalue weighted by Crippen LogP contribution is -2.29. The summed E-state index contributed by atoms with van der Waals surface area (Å²) < 4.78 is 7.32. The molecule has 0 bridgehead atoms. The minimum atomic E-state index is -0.252. The number of rotatable bonds is 10. The molecule has 0 aliphatic heterocycles. The SMILES string of the molecule is Cc1cccc(NC(=O)CSc2nnc(CNC(=O)COc3ccc(C(C)C)cc3)n2C)c1C. The number of hydrogen-bond acceptors (Lipinski definition) is 6. The van der Waals surface area contributed by atoms with Crippen LogP contribution in [0.4, 0.5) is 5.69 Å². The molecule has 180 valence electrons. The maximum absolute atomic E-state index is 12.4. The molecule has 9 heteroatoms. The van der Waals surface area contributed by atoms with E-state index in [1.807, 2.05) is 56.3 Å². The normalized spacial score (nSPS) is 10.9. The fourth-order valence-electron chi connectivity index (χ4n) is 3.15. The molecule has 34 heavy (non-hydrogen) atoms. The molecule has 0 spiro atoms. The van der Waals surface area contributed by atoms with Crippen molar-refractivity contribution in [1.82, 2.24) is 20.1 Å². The van der Waals surface area contributed by atoms with Crippen LogP contribution in [0.1, 0.15) is 42.3 Å². The summed E-state index contributed by atoms with van der Waals surface area (Å²) in [6, 6.07) is 13.5. The quantitative estimate of drug-likeness (QED) is 0.425. The van der Waals surface area contributed by atoms with E-state index < -0.39 is 0 Å². The monoisotopic (exact) mass is 481 g/mol. The van der Waals surface area contributed by atoms with E-state index in [-0.39, 0.29) is 30.7 Å². The zero-order valence-electron chi connectivity index (χ0n) is 20.2. The van der Waals surface area contributed by atoms with Gasteiger partial charge in [-0.1, -0.05) is 49.9 Å². The Hall–Kier alpha value is -3.33. The molecule has 0 unspecified atom stereocenters. The molecule has 0 radical (unpaired) electrons. The van der Waals surface area contributed by atoms with Crippen molar-refractivity contribution in [1.29, 1.82) is 0 Å². The predicted molar refractivity (Wildman–Crippen MR) is 134 cm³/mol. The first-order valence-corrected chi connectivity index (χ1v) is 12.1. The number of anilines is 1. The smallest absolute Gasteiger partial charge is 0.258 e. The van der Waals surface area contributed by atoms with Gasteiger partial charge >= 0.3 is 0 Å². The average Bonchev–Trinajstić information content (AvgIpc) is 3.17. The highest BCUT2D eigenvalue weighted by atomic mass is 32.2. The molecule has 1 heterocycles. The van der Waals surface area contributed by atoms with E-state index >= 15 is 0 Å². The number of nitrogens with one attached hydrogen (secondary N) is 2. The molecule has 0 fully saturated rings. The van der Waals surface area contributed by atoms with Gasteiger partial charge in [-0.3, -0.25) is 9.59 Å². The molecule has 8 nitrogen and oxygen atoms in total.